The molecule has 2 aromatic rings. The highest BCUT2D eigenvalue weighted by atomic mass is 16.4. The summed E-state index contributed by atoms with van der Waals surface area (Å²) in [7, 11) is 0. The van der Waals surface area contributed by atoms with Crippen LogP contribution < -0.4 is 0 Å². The molecule has 1 aliphatic heterocycles. The van der Waals surface area contributed by atoms with Gasteiger partial charge in [-0.1, -0.05) is 12.1 Å². The number of nitrogens with zero attached hydrogens (tertiary/aromatic N) is 3. The summed E-state index contributed by atoms with van der Waals surface area (Å²) in [4.78, 5) is 24.9. The summed E-state index contributed by atoms with van der Waals surface area (Å²) in [6.45, 7) is 0.529. The maximum atomic E-state index is 12.3. The first-order valence-corrected chi connectivity index (χ1v) is 7.26. The molecule has 1 aromatic carbocycles. The van der Waals surface area contributed by atoms with Crippen LogP contribution in [0.5, 0.6) is 0 Å². The van der Waals surface area contributed by atoms with Crippen molar-refractivity contribution in [1.29, 1.82) is 0 Å². The van der Waals surface area contributed by atoms with E-state index in [-0.39, 0.29) is 12.3 Å². The van der Waals surface area contributed by atoms with Gasteiger partial charge in [0.2, 0.25) is 5.91 Å². The van der Waals surface area contributed by atoms with Gasteiger partial charge in [0.25, 0.3) is 0 Å². The Morgan fingerprint density at radius 3 is 2.68 bits per heavy atom. The van der Waals surface area contributed by atoms with Gasteiger partial charge < -0.3 is 10.0 Å². The molecule has 1 aliphatic rings. The van der Waals surface area contributed by atoms with E-state index < -0.39 is 12.0 Å². The molecule has 1 fully saturated rings. The Balaban J connectivity index is 1.68. The molecule has 0 saturated carbocycles. The second kappa shape index (κ2) is 6.01. The number of amides is 1. The average molecular weight is 299 g/mol. The SMILES string of the molecule is O=C(O)[C@H]1CCCN1C(=O)Cc1ccc(-n2cccn2)cc1. The lowest BCUT2D eigenvalue weighted by atomic mass is 10.1. The Labute approximate surface area is 128 Å². The minimum absolute atomic E-state index is 0.128. The Morgan fingerprint density at radius 2 is 2.05 bits per heavy atom. The van der Waals surface area contributed by atoms with Crippen LogP contribution in [0.4, 0.5) is 0 Å². The minimum atomic E-state index is -0.917. The van der Waals surface area contributed by atoms with E-state index in [0.717, 1.165) is 17.7 Å². The molecule has 0 spiro atoms. The van der Waals surface area contributed by atoms with Gasteiger partial charge in [-0.05, 0) is 36.6 Å². The number of carboxylic acids is 1. The Hall–Kier alpha value is -2.63. The molecule has 0 aliphatic carbocycles. The molecule has 22 heavy (non-hydrogen) atoms. The van der Waals surface area contributed by atoms with E-state index in [1.165, 1.54) is 4.90 Å². The quantitative estimate of drug-likeness (QED) is 0.928. The number of benzene rings is 1. The van der Waals surface area contributed by atoms with Gasteiger partial charge in [0.05, 0.1) is 12.1 Å². The third kappa shape index (κ3) is 2.86. The summed E-state index contributed by atoms with van der Waals surface area (Å²) >= 11 is 0. The van der Waals surface area contributed by atoms with Crippen LogP contribution in [0.2, 0.25) is 0 Å². The molecular weight excluding hydrogens is 282 g/mol. The van der Waals surface area contributed by atoms with Crippen LogP contribution in [-0.2, 0) is 16.0 Å². The summed E-state index contributed by atoms with van der Waals surface area (Å²) in [5, 5.41) is 13.3. The van der Waals surface area contributed by atoms with Crippen LogP contribution in [0.1, 0.15) is 18.4 Å². The fourth-order valence-electron chi connectivity index (χ4n) is 2.79. The molecule has 1 aromatic heterocycles. The predicted molar refractivity (Wildman–Crippen MR) is 79.6 cm³/mol. The zero-order valence-electron chi connectivity index (χ0n) is 12.1. The van der Waals surface area contributed by atoms with Crippen molar-refractivity contribution in [3.63, 3.8) is 0 Å². The second-order valence-electron chi connectivity index (χ2n) is 5.38. The second-order valence-corrected chi connectivity index (χ2v) is 5.38. The topological polar surface area (TPSA) is 75.4 Å². The van der Waals surface area contributed by atoms with E-state index in [4.69, 9.17) is 5.11 Å². The van der Waals surface area contributed by atoms with Crippen molar-refractivity contribution >= 4 is 11.9 Å². The van der Waals surface area contributed by atoms with Crippen molar-refractivity contribution in [3.05, 3.63) is 48.3 Å². The van der Waals surface area contributed by atoms with E-state index in [9.17, 15) is 9.59 Å². The number of rotatable bonds is 4. The normalized spacial score (nSPS) is 17.6. The van der Waals surface area contributed by atoms with Crippen LogP contribution in [-0.4, -0.2) is 44.3 Å². The van der Waals surface area contributed by atoms with E-state index in [0.29, 0.717) is 13.0 Å². The maximum absolute atomic E-state index is 12.3. The first-order valence-electron chi connectivity index (χ1n) is 7.26. The van der Waals surface area contributed by atoms with Crippen LogP contribution >= 0.6 is 0 Å². The number of carbonyl (C=O) groups excluding carboxylic acids is 1. The molecule has 1 saturated heterocycles. The van der Waals surface area contributed by atoms with Gasteiger partial charge in [-0.2, -0.15) is 5.10 Å². The molecule has 0 bridgehead atoms. The van der Waals surface area contributed by atoms with Gasteiger partial charge in [0.1, 0.15) is 6.04 Å². The van der Waals surface area contributed by atoms with Crippen LogP contribution in [0, 0.1) is 0 Å². The molecule has 3 rings (SSSR count). The van der Waals surface area contributed by atoms with Gasteiger partial charge >= 0.3 is 5.97 Å². The molecule has 2 heterocycles. The number of aromatic nitrogens is 2. The lowest BCUT2D eigenvalue weighted by Crippen LogP contribution is -2.41. The summed E-state index contributed by atoms with van der Waals surface area (Å²) in [6.07, 6.45) is 5.07. The first kappa shape index (κ1) is 14.3. The summed E-state index contributed by atoms with van der Waals surface area (Å²) in [5.74, 6) is -1.04. The van der Waals surface area contributed by atoms with Crippen LogP contribution in [0.3, 0.4) is 0 Å². The third-order valence-corrected chi connectivity index (χ3v) is 3.92. The van der Waals surface area contributed by atoms with Gasteiger partial charge in [-0.25, -0.2) is 9.48 Å². The smallest absolute Gasteiger partial charge is 0.326 e. The van der Waals surface area contributed by atoms with Crippen molar-refractivity contribution in [2.24, 2.45) is 0 Å². The van der Waals surface area contributed by atoms with Crippen molar-refractivity contribution in [2.45, 2.75) is 25.3 Å². The van der Waals surface area contributed by atoms with Crippen molar-refractivity contribution < 1.29 is 14.7 Å². The van der Waals surface area contributed by atoms with Crippen LogP contribution in [0.15, 0.2) is 42.7 Å². The van der Waals surface area contributed by atoms with Crippen molar-refractivity contribution in [1.82, 2.24) is 14.7 Å². The molecule has 114 valence electrons. The number of aliphatic carboxylic acids is 1. The van der Waals surface area contributed by atoms with E-state index >= 15 is 0 Å². The van der Waals surface area contributed by atoms with Gasteiger partial charge in [-0.3, -0.25) is 4.79 Å². The zero-order chi connectivity index (χ0) is 15.5. The lowest BCUT2D eigenvalue weighted by molar-refractivity contribution is -0.148. The molecule has 1 amide bonds. The largest absolute Gasteiger partial charge is 0.480 e. The number of likely N-dealkylation sites (tertiary alicyclic amines) is 1. The lowest BCUT2D eigenvalue weighted by Gasteiger charge is -2.21. The highest BCUT2D eigenvalue weighted by Gasteiger charge is 2.33. The molecule has 0 unspecified atom stereocenters. The monoisotopic (exact) mass is 299 g/mol. The maximum Gasteiger partial charge on any atom is 0.326 e. The number of carbonyl (C=O) groups is 2. The molecule has 1 N–H and O–H groups in total. The highest BCUT2D eigenvalue weighted by molar-refractivity contribution is 5.85. The molecule has 1 atom stereocenters. The number of carboxylic acid groups (broad SMARTS) is 1. The molecular formula is C16H17N3O3. The standard InChI is InChI=1S/C16H17N3O3/c20-15(18-9-1-3-14(18)16(21)22)11-12-4-6-13(7-5-12)19-10-2-8-17-19/h2,4-8,10,14H,1,3,9,11H2,(H,21,22)/t14-/m1/s1. The minimum Gasteiger partial charge on any atom is -0.480 e. The summed E-state index contributed by atoms with van der Waals surface area (Å²) in [6, 6.07) is 8.72. The Bertz CT molecular complexity index is 664. The van der Waals surface area contributed by atoms with Gasteiger partial charge in [0.15, 0.2) is 0 Å². The highest BCUT2D eigenvalue weighted by Crippen LogP contribution is 2.19. The average Bonchev–Trinajstić information content (AvgIpc) is 3.19. The summed E-state index contributed by atoms with van der Waals surface area (Å²) < 4.78 is 1.74. The fraction of sp³-hybridized carbons (Fsp3) is 0.312. The number of hydrogen-bond acceptors (Lipinski definition) is 3. The molecule has 6 heteroatoms. The molecule has 6 nitrogen and oxygen atoms in total. The zero-order valence-corrected chi connectivity index (χ0v) is 12.1. The van der Waals surface area contributed by atoms with E-state index in [1.54, 1.807) is 10.9 Å². The fourth-order valence-corrected chi connectivity index (χ4v) is 2.79. The molecule has 0 radical (unpaired) electrons. The van der Waals surface area contributed by atoms with E-state index in [2.05, 4.69) is 5.10 Å². The van der Waals surface area contributed by atoms with E-state index in [1.807, 2.05) is 36.5 Å². The van der Waals surface area contributed by atoms with Crippen LogP contribution in [0.25, 0.3) is 5.69 Å². The third-order valence-electron chi connectivity index (χ3n) is 3.92. The first-order chi connectivity index (χ1) is 10.6. The van der Waals surface area contributed by atoms with Crippen molar-refractivity contribution in [3.8, 4) is 5.69 Å². The number of hydrogen-bond donors (Lipinski definition) is 1. The Morgan fingerprint density at radius 1 is 1.27 bits per heavy atom. The predicted octanol–water partition coefficient (Wildman–Crippen LogP) is 1.49. The van der Waals surface area contributed by atoms with Crippen molar-refractivity contribution in [2.75, 3.05) is 6.54 Å². The van der Waals surface area contributed by atoms with Gasteiger partial charge in [0, 0.05) is 18.9 Å². The Kier molecular flexibility index (Phi) is 3.91. The van der Waals surface area contributed by atoms with Gasteiger partial charge in [-0.15, -0.1) is 0 Å². The summed E-state index contributed by atoms with van der Waals surface area (Å²) in [5.41, 5.74) is 1.79.